The second-order valence-corrected chi connectivity index (χ2v) is 3.65. The van der Waals surface area contributed by atoms with Crippen molar-refractivity contribution in [1.29, 1.82) is 0 Å². The topological polar surface area (TPSA) is 25.4 Å². The van der Waals surface area contributed by atoms with Crippen molar-refractivity contribution in [2.75, 3.05) is 26.1 Å². The average molecular weight is 202 g/mol. The van der Waals surface area contributed by atoms with E-state index in [1.54, 1.807) is 7.11 Å². The quantitative estimate of drug-likeness (QED) is 0.747. The predicted molar refractivity (Wildman–Crippen MR) is 62.6 cm³/mol. The number of pyridine rings is 1. The van der Waals surface area contributed by atoms with Crippen molar-refractivity contribution in [3.8, 4) is 5.75 Å². The van der Waals surface area contributed by atoms with Gasteiger partial charge >= 0.3 is 0 Å². The maximum absolute atomic E-state index is 5.15. The highest BCUT2D eigenvalue weighted by Crippen LogP contribution is 2.22. The van der Waals surface area contributed by atoms with E-state index in [4.69, 9.17) is 4.74 Å². The summed E-state index contributed by atoms with van der Waals surface area (Å²) >= 11 is 0. The summed E-state index contributed by atoms with van der Waals surface area (Å²) in [6, 6.07) is 8.02. The van der Waals surface area contributed by atoms with Crippen LogP contribution in [0.2, 0.25) is 0 Å². The van der Waals surface area contributed by atoms with Gasteiger partial charge < -0.3 is 9.64 Å². The van der Waals surface area contributed by atoms with E-state index < -0.39 is 0 Å². The molecule has 78 valence electrons. The van der Waals surface area contributed by atoms with Gasteiger partial charge in [0, 0.05) is 25.5 Å². The van der Waals surface area contributed by atoms with Gasteiger partial charge in [-0.05, 0) is 18.2 Å². The molecule has 1 aromatic heterocycles. The maximum atomic E-state index is 5.15. The summed E-state index contributed by atoms with van der Waals surface area (Å²) in [6.45, 7) is 0. The molecule has 0 saturated carbocycles. The molecule has 3 heteroatoms. The third kappa shape index (κ3) is 1.86. The first kappa shape index (κ1) is 9.77. The molecule has 0 amide bonds. The molecule has 2 rings (SSSR count). The van der Waals surface area contributed by atoms with Crippen LogP contribution in [0.1, 0.15) is 0 Å². The van der Waals surface area contributed by atoms with E-state index >= 15 is 0 Å². The summed E-state index contributed by atoms with van der Waals surface area (Å²) < 4.78 is 5.15. The second-order valence-electron chi connectivity index (χ2n) is 3.65. The van der Waals surface area contributed by atoms with Crippen LogP contribution in [0.3, 0.4) is 0 Å². The summed E-state index contributed by atoms with van der Waals surface area (Å²) in [6.07, 6.45) is 1.86. The van der Waals surface area contributed by atoms with E-state index in [0.717, 1.165) is 22.3 Å². The Kier molecular flexibility index (Phi) is 2.46. The van der Waals surface area contributed by atoms with Gasteiger partial charge in [-0.25, -0.2) is 0 Å². The van der Waals surface area contributed by atoms with Gasteiger partial charge in [0.25, 0.3) is 0 Å². The highest BCUT2D eigenvalue weighted by Gasteiger charge is 2.00. The number of fused-ring (bicyclic) bond motifs is 1. The fraction of sp³-hybridized carbons (Fsp3) is 0.250. The van der Waals surface area contributed by atoms with Crippen molar-refractivity contribution in [3.05, 3.63) is 30.5 Å². The predicted octanol–water partition coefficient (Wildman–Crippen LogP) is 2.31. The molecule has 0 spiro atoms. The molecule has 1 aromatic carbocycles. The van der Waals surface area contributed by atoms with E-state index in [0.29, 0.717) is 0 Å². The summed E-state index contributed by atoms with van der Waals surface area (Å²) in [7, 11) is 5.67. The van der Waals surface area contributed by atoms with Crippen molar-refractivity contribution in [1.82, 2.24) is 4.98 Å². The number of aromatic nitrogens is 1. The van der Waals surface area contributed by atoms with Crippen LogP contribution < -0.4 is 9.64 Å². The van der Waals surface area contributed by atoms with Gasteiger partial charge in [-0.3, -0.25) is 4.98 Å². The molecule has 0 aliphatic heterocycles. The Morgan fingerprint density at radius 1 is 1.20 bits per heavy atom. The monoisotopic (exact) mass is 202 g/mol. The van der Waals surface area contributed by atoms with Gasteiger partial charge in [0.2, 0.25) is 0 Å². The molecule has 0 radical (unpaired) electrons. The van der Waals surface area contributed by atoms with Crippen LogP contribution in [0.15, 0.2) is 30.5 Å². The van der Waals surface area contributed by atoms with Crippen LogP contribution in [0, 0.1) is 0 Å². The van der Waals surface area contributed by atoms with Crippen molar-refractivity contribution in [2.24, 2.45) is 0 Å². The average Bonchev–Trinajstić information content (AvgIpc) is 2.27. The third-order valence-electron chi connectivity index (χ3n) is 2.39. The summed E-state index contributed by atoms with van der Waals surface area (Å²) in [5.74, 6) is 0.840. The van der Waals surface area contributed by atoms with E-state index in [1.807, 2.05) is 43.4 Å². The second kappa shape index (κ2) is 3.77. The van der Waals surface area contributed by atoms with Crippen LogP contribution in [0.4, 0.5) is 5.69 Å². The smallest absolute Gasteiger partial charge is 0.121 e. The van der Waals surface area contributed by atoms with Gasteiger partial charge in [-0.15, -0.1) is 0 Å². The van der Waals surface area contributed by atoms with Crippen LogP contribution in [0.5, 0.6) is 5.75 Å². The van der Waals surface area contributed by atoms with Crippen molar-refractivity contribution < 1.29 is 4.74 Å². The van der Waals surface area contributed by atoms with Gasteiger partial charge in [-0.1, -0.05) is 0 Å². The largest absolute Gasteiger partial charge is 0.497 e. The Hall–Kier alpha value is -1.77. The summed E-state index contributed by atoms with van der Waals surface area (Å²) in [5, 5.41) is 1.13. The molecule has 0 aliphatic rings. The lowest BCUT2D eigenvalue weighted by atomic mass is 10.2. The zero-order valence-electron chi connectivity index (χ0n) is 9.19. The van der Waals surface area contributed by atoms with E-state index in [-0.39, 0.29) is 0 Å². The normalized spacial score (nSPS) is 10.3. The number of hydrogen-bond acceptors (Lipinski definition) is 3. The highest BCUT2D eigenvalue weighted by atomic mass is 16.5. The van der Waals surface area contributed by atoms with Crippen molar-refractivity contribution >= 4 is 16.6 Å². The minimum Gasteiger partial charge on any atom is -0.497 e. The SMILES string of the molecule is COc1ccc2cc(N(C)C)cnc2c1. The van der Waals surface area contributed by atoms with Gasteiger partial charge in [-0.2, -0.15) is 0 Å². The molecule has 0 unspecified atom stereocenters. The lowest BCUT2D eigenvalue weighted by Crippen LogP contribution is -2.08. The number of hydrogen-bond donors (Lipinski definition) is 0. The van der Waals surface area contributed by atoms with Crippen LogP contribution >= 0.6 is 0 Å². The molecule has 15 heavy (non-hydrogen) atoms. The van der Waals surface area contributed by atoms with Crippen LogP contribution in [0.25, 0.3) is 10.9 Å². The molecule has 0 atom stereocenters. The first-order chi connectivity index (χ1) is 7.20. The summed E-state index contributed by atoms with van der Waals surface area (Å²) in [5.41, 5.74) is 2.06. The fourth-order valence-electron chi connectivity index (χ4n) is 1.46. The van der Waals surface area contributed by atoms with Gasteiger partial charge in [0.05, 0.1) is 24.5 Å². The Morgan fingerprint density at radius 2 is 2.00 bits per heavy atom. The fourth-order valence-corrected chi connectivity index (χ4v) is 1.46. The number of nitrogens with zero attached hydrogens (tertiary/aromatic N) is 2. The molecule has 0 aliphatic carbocycles. The molecule has 0 N–H and O–H groups in total. The first-order valence-corrected chi connectivity index (χ1v) is 4.82. The van der Waals surface area contributed by atoms with Crippen molar-refractivity contribution in [3.63, 3.8) is 0 Å². The summed E-state index contributed by atoms with van der Waals surface area (Å²) in [4.78, 5) is 6.43. The number of benzene rings is 1. The van der Waals surface area contributed by atoms with Gasteiger partial charge in [0.15, 0.2) is 0 Å². The number of rotatable bonds is 2. The molecule has 2 aromatic rings. The molecular formula is C12H14N2O. The van der Waals surface area contributed by atoms with E-state index in [1.165, 1.54) is 0 Å². The third-order valence-corrected chi connectivity index (χ3v) is 2.39. The molecule has 0 bridgehead atoms. The maximum Gasteiger partial charge on any atom is 0.121 e. The zero-order valence-corrected chi connectivity index (χ0v) is 9.19. The number of methoxy groups -OCH3 is 1. The van der Waals surface area contributed by atoms with Crippen LogP contribution in [-0.4, -0.2) is 26.2 Å². The minimum absolute atomic E-state index is 0.840. The lowest BCUT2D eigenvalue weighted by molar-refractivity contribution is 0.415. The number of ether oxygens (including phenoxy) is 1. The molecule has 0 saturated heterocycles. The molecule has 1 heterocycles. The van der Waals surface area contributed by atoms with Crippen LogP contribution in [-0.2, 0) is 0 Å². The van der Waals surface area contributed by atoms with E-state index in [2.05, 4.69) is 11.1 Å². The molecule has 3 nitrogen and oxygen atoms in total. The molecule has 0 fully saturated rings. The standard InChI is InChI=1S/C12H14N2O/c1-14(2)10-6-9-4-5-11(15-3)7-12(9)13-8-10/h4-8H,1-3H3. The first-order valence-electron chi connectivity index (χ1n) is 4.82. The Morgan fingerprint density at radius 3 is 2.67 bits per heavy atom. The van der Waals surface area contributed by atoms with Gasteiger partial charge in [0.1, 0.15) is 5.75 Å². The van der Waals surface area contributed by atoms with E-state index in [9.17, 15) is 0 Å². The number of anilines is 1. The minimum atomic E-state index is 0.840. The Balaban J connectivity index is 2.55. The Labute approximate surface area is 89.3 Å². The zero-order chi connectivity index (χ0) is 10.8. The lowest BCUT2D eigenvalue weighted by Gasteiger charge is -2.12. The molecular weight excluding hydrogens is 188 g/mol. The van der Waals surface area contributed by atoms with Crippen molar-refractivity contribution in [2.45, 2.75) is 0 Å². The Bertz CT molecular complexity index is 480. The highest BCUT2D eigenvalue weighted by molar-refractivity contribution is 5.82.